The molecule has 0 saturated heterocycles. The van der Waals surface area contributed by atoms with Crippen LogP contribution in [0.25, 0.3) is 5.57 Å². The molecule has 4 nitrogen and oxygen atoms in total. The van der Waals surface area contributed by atoms with Crippen LogP contribution in [0.5, 0.6) is 0 Å². The van der Waals surface area contributed by atoms with Crippen LogP contribution in [0, 0.1) is 26.2 Å². The van der Waals surface area contributed by atoms with Gasteiger partial charge in [-0.15, -0.1) is 6.42 Å². The third-order valence-electron chi connectivity index (χ3n) is 4.52. The molecule has 1 unspecified atom stereocenters. The lowest BCUT2D eigenvalue weighted by atomic mass is 9.96. The third-order valence-corrected chi connectivity index (χ3v) is 4.52. The summed E-state index contributed by atoms with van der Waals surface area (Å²) in [6.07, 6.45) is 9.21. The van der Waals surface area contributed by atoms with Crippen LogP contribution < -0.4 is 11.5 Å². The first-order valence-corrected chi connectivity index (χ1v) is 8.11. The molecule has 4 heteroatoms. The van der Waals surface area contributed by atoms with Gasteiger partial charge < -0.3 is 11.5 Å². The third kappa shape index (κ3) is 3.96. The second-order valence-electron chi connectivity index (χ2n) is 6.08. The predicted octanol–water partition coefficient (Wildman–Crippen LogP) is 3.81. The van der Waals surface area contributed by atoms with Crippen LogP contribution in [0.4, 0.5) is 5.69 Å². The minimum atomic E-state index is -0.541. The van der Waals surface area contributed by atoms with Crippen molar-refractivity contribution in [2.24, 2.45) is 10.7 Å². The fourth-order valence-electron chi connectivity index (χ4n) is 2.53. The Morgan fingerprint density at radius 3 is 2.56 bits per heavy atom. The molecule has 2 aromatic rings. The second kappa shape index (κ2) is 7.78. The van der Waals surface area contributed by atoms with Gasteiger partial charge in [0.15, 0.2) is 0 Å². The van der Waals surface area contributed by atoms with Crippen LogP contribution in [-0.2, 0) is 0 Å². The molecule has 1 heterocycles. The highest BCUT2D eigenvalue weighted by Gasteiger charge is 2.17. The Morgan fingerprint density at radius 2 is 1.96 bits per heavy atom. The largest absolute Gasteiger partial charge is 0.398 e. The van der Waals surface area contributed by atoms with Gasteiger partial charge in [0.05, 0.1) is 6.04 Å². The first-order valence-electron chi connectivity index (χ1n) is 8.11. The van der Waals surface area contributed by atoms with Gasteiger partial charge in [0, 0.05) is 23.8 Å². The Labute approximate surface area is 149 Å². The lowest BCUT2D eigenvalue weighted by Crippen LogP contribution is -2.22. The minimum absolute atomic E-state index is 0.454. The van der Waals surface area contributed by atoms with Crippen molar-refractivity contribution in [1.29, 1.82) is 0 Å². The number of rotatable bonds is 4. The van der Waals surface area contributed by atoms with Crippen LogP contribution in [0.2, 0.25) is 0 Å². The summed E-state index contributed by atoms with van der Waals surface area (Å²) in [4.78, 5) is 8.73. The summed E-state index contributed by atoms with van der Waals surface area (Å²) in [5.74, 6) is 2.62. The first-order chi connectivity index (χ1) is 11.9. The summed E-state index contributed by atoms with van der Waals surface area (Å²) < 4.78 is 0. The zero-order valence-electron chi connectivity index (χ0n) is 15.2. The Balaban J connectivity index is 2.44. The summed E-state index contributed by atoms with van der Waals surface area (Å²) in [7, 11) is 0. The van der Waals surface area contributed by atoms with E-state index >= 15 is 0 Å². The number of terminal acetylenes is 1. The smallest absolute Gasteiger partial charge is 0.111 e. The van der Waals surface area contributed by atoms with Crippen molar-refractivity contribution in [2.75, 3.05) is 5.73 Å². The quantitative estimate of drug-likeness (QED) is 0.508. The fraction of sp³-hybridized carbons (Fsp3) is 0.238. The van der Waals surface area contributed by atoms with Crippen LogP contribution in [0.1, 0.15) is 42.1 Å². The summed E-state index contributed by atoms with van der Waals surface area (Å²) in [6.45, 7) is 7.89. The standard InChI is InChI=1S/C21H24N4/c1-6-19(21(23)18-10-9-13(2)14(3)20(18)22)25-16(5)15(4)17-8-7-11-24-12-17/h1,7-12,21H,22-23H2,2-5H3/b16-15+,25-19?. The molecule has 1 aromatic heterocycles. The van der Waals surface area contributed by atoms with Gasteiger partial charge in [-0.2, -0.15) is 0 Å². The number of aliphatic imine (C=N–C) groups is 1. The SMILES string of the molecule is C#CC(=N/C(C)=C(\C)c1cccnc1)C(N)c1ccc(C)c(C)c1N. The molecule has 0 radical (unpaired) electrons. The van der Waals surface area contributed by atoms with E-state index in [2.05, 4.69) is 15.9 Å². The van der Waals surface area contributed by atoms with Crippen molar-refractivity contribution < 1.29 is 0 Å². The molecule has 1 atom stereocenters. The van der Waals surface area contributed by atoms with Crippen LogP contribution in [-0.4, -0.2) is 10.7 Å². The van der Waals surface area contributed by atoms with E-state index in [0.29, 0.717) is 11.4 Å². The van der Waals surface area contributed by atoms with Gasteiger partial charge in [0.2, 0.25) is 0 Å². The lowest BCUT2D eigenvalue weighted by molar-refractivity contribution is 0.962. The van der Waals surface area contributed by atoms with E-state index in [9.17, 15) is 0 Å². The number of nitrogens with zero attached hydrogens (tertiary/aromatic N) is 2. The maximum atomic E-state index is 6.37. The number of aryl methyl sites for hydroxylation is 1. The lowest BCUT2D eigenvalue weighted by Gasteiger charge is -2.17. The van der Waals surface area contributed by atoms with Crippen molar-refractivity contribution in [1.82, 2.24) is 4.98 Å². The van der Waals surface area contributed by atoms with Gasteiger partial charge in [-0.3, -0.25) is 4.98 Å². The molecule has 0 saturated carbocycles. The molecule has 0 aliphatic heterocycles. The van der Waals surface area contributed by atoms with Crippen LogP contribution in [0.15, 0.2) is 47.3 Å². The molecule has 128 valence electrons. The normalized spacial score (nSPS) is 13.8. The number of nitrogen functional groups attached to an aromatic ring is 1. The number of nitrogens with two attached hydrogens (primary N) is 2. The highest BCUT2D eigenvalue weighted by atomic mass is 14.8. The van der Waals surface area contributed by atoms with Crippen LogP contribution >= 0.6 is 0 Å². The Morgan fingerprint density at radius 1 is 1.24 bits per heavy atom. The molecule has 1 aromatic carbocycles. The maximum Gasteiger partial charge on any atom is 0.111 e. The second-order valence-corrected chi connectivity index (χ2v) is 6.08. The summed E-state index contributed by atoms with van der Waals surface area (Å²) in [5, 5.41) is 0. The number of hydrogen-bond acceptors (Lipinski definition) is 4. The van der Waals surface area contributed by atoms with Gasteiger partial charge in [0.1, 0.15) is 5.71 Å². The Kier molecular flexibility index (Phi) is 5.74. The summed E-state index contributed by atoms with van der Waals surface area (Å²) >= 11 is 0. The molecule has 0 aliphatic carbocycles. The van der Waals surface area contributed by atoms with E-state index in [1.807, 2.05) is 52.0 Å². The summed E-state index contributed by atoms with van der Waals surface area (Å²) in [5.41, 5.74) is 19.5. The molecular formula is C21H24N4. The molecule has 0 amide bonds. The van der Waals surface area contributed by atoms with Crippen LogP contribution in [0.3, 0.4) is 0 Å². The Hall–Kier alpha value is -2.90. The predicted molar refractivity (Wildman–Crippen MR) is 106 cm³/mol. The molecule has 2 rings (SSSR count). The molecule has 0 aliphatic rings. The van der Waals surface area contributed by atoms with Gasteiger partial charge >= 0.3 is 0 Å². The Bertz CT molecular complexity index is 871. The van der Waals surface area contributed by atoms with Gasteiger partial charge in [-0.05, 0) is 61.6 Å². The van der Waals surface area contributed by atoms with E-state index in [4.69, 9.17) is 17.9 Å². The molecule has 0 spiro atoms. The number of anilines is 1. The number of hydrogen-bond donors (Lipinski definition) is 2. The minimum Gasteiger partial charge on any atom is -0.398 e. The van der Waals surface area contributed by atoms with Crippen molar-refractivity contribution in [3.63, 3.8) is 0 Å². The van der Waals surface area contributed by atoms with Crippen molar-refractivity contribution in [3.05, 3.63) is 64.6 Å². The average molecular weight is 332 g/mol. The zero-order chi connectivity index (χ0) is 18.6. The fourth-order valence-corrected chi connectivity index (χ4v) is 2.53. The van der Waals surface area contributed by atoms with E-state index in [0.717, 1.165) is 33.5 Å². The monoisotopic (exact) mass is 332 g/mol. The van der Waals surface area contributed by atoms with Gasteiger partial charge in [0.25, 0.3) is 0 Å². The number of pyridine rings is 1. The van der Waals surface area contributed by atoms with E-state index in [1.54, 1.807) is 12.4 Å². The molecule has 0 bridgehead atoms. The molecule has 25 heavy (non-hydrogen) atoms. The van der Waals surface area contributed by atoms with Crippen molar-refractivity contribution in [3.8, 4) is 12.3 Å². The maximum absolute atomic E-state index is 6.37. The van der Waals surface area contributed by atoms with Crippen molar-refractivity contribution in [2.45, 2.75) is 33.7 Å². The topological polar surface area (TPSA) is 77.3 Å². The van der Waals surface area contributed by atoms with E-state index < -0.39 is 6.04 Å². The average Bonchev–Trinajstić information content (AvgIpc) is 2.63. The molecule has 4 N–H and O–H groups in total. The number of allylic oxidation sites excluding steroid dienone is 2. The number of benzene rings is 1. The van der Waals surface area contributed by atoms with Gasteiger partial charge in [-0.25, -0.2) is 4.99 Å². The molecular weight excluding hydrogens is 308 g/mol. The number of aromatic nitrogens is 1. The van der Waals surface area contributed by atoms with Crippen molar-refractivity contribution >= 4 is 17.0 Å². The zero-order valence-corrected chi connectivity index (χ0v) is 15.2. The summed E-state index contributed by atoms with van der Waals surface area (Å²) in [6, 6.07) is 7.25. The van der Waals surface area contributed by atoms with E-state index in [-0.39, 0.29) is 0 Å². The highest BCUT2D eigenvalue weighted by Crippen LogP contribution is 2.26. The van der Waals surface area contributed by atoms with E-state index in [1.165, 1.54) is 0 Å². The van der Waals surface area contributed by atoms with Gasteiger partial charge in [-0.1, -0.05) is 24.1 Å². The highest BCUT2D eigenvalue weighted by molar-refractivity contribution is 6.05. The molecule has 0 fully saturated rings. The first kappa shape index (κ1) is 18.4.